The fraction of sp³-hybridized carbons (Fsp3) is 0.118. The Bertz CT molecular complexity index is 1020. The highest BCUT2D eigenvalue weighted by Gasteiger charge is 2.31. The molecule has 0 saturated carbocycles. The van der Waals surface area contributed by atoms with Gasteiger partial charge in [-0.25, -0.2) is 14.7 Å². The smallest absolute Gasteiger partial charge is 0.295 e. The van der Waals surface area contributed by atoms with Crippen molar-refractivity contribution in [2.24, 2.45) is 4.99 Å². The van der Waals surface area contributed by atoms with Gasteiger partial charge in [-0.1, -0.05) is 29.8 Å². The summed E-state index contributed by atoms with van der Waals surface area (Å²) in [6, 6.07) is 9.66. The third kappa shape index (κ3) is 3.55. The van der Waals surface area contributed by atoms with Gasteiger partial charge in [-0.05, 0) is 25.1 Å². The predicted molar refractivity (Wildman–Crippen MR) is 92.6 cm³/mol. The largest absolute Gasteiger partial charge is 0.417 e. The van der Waals surface area contributed by atoms with E-state index in [1.165, 1.54) is 10.9 Å². The number of pyridine rings is 1. The van der Waals surface area contributed by atoms with Crippen molar-refractivity contribution in [3.05, 3.63) is 74.8 Å². The number of aryl methyl sites for hydroxylation is 1. The molecule has 1 aromatic carbocycles. The van der Waals surface area contributed by atoms with Crippen LogP contribution in [0.5, 0.6) is 0 Å². The van der Waals surface area contributed by atoms with E-state index in [0.29, 0.717) is 17.6 Å². The number of aliphatic imine (C=N–C) groups is 1. The van der Waals surface area contributed by atoms with E-state index in [4.69, 9.17) is 11.6 Å². The van der Waals surface area contributed by atoms with Gasteiger partial charge in [0, 0.05) is 18.1 Å². The van der Waals surface area contributed by atoms with Gasteiger partial charge >= 0.3 is 6.18 Å². The number of aromatic amines is 1. The fourth-order valence-corrected chi connectivity index (χ4v) is 2.49. The first-order valence-electron chi connectivity index (χ1n) is 7.41. The van der Waals surface area contributed by atoms with E-state index in [2.05, 4.69) is 15.1 Å². The van der Waals surface area contributed by atoms with Gasteiger partial charge in [-0.15, -0.1) is 0 Å². The second-order valence-corrected chi connectivity index (χ2v) is 5.82. The standard InChI is InChI=1S/C17H12ClF3N4O/c1-10-13(16(26)25(24-10)12-5-3-2-4-6-12)9-23-15-14(18)7-11(8-22-15)17(19,20)21/h2-9,24H,1H3. The molecule has 0 saturated heterocycles. The van der Waals surface area contributed by atoms with Gasteiger partial charge in [0.1, 0.15) is 0 Å². The summed E-state index contributed by atoms with van der Waals surface area (Å²) in [4.78, 5) is 20.1. The van der Waals surface area contributed by atoms with Crippen LogP contribution in [0.1, 0.15) is 16.8 Å². The van der Waals surface area contributed by atoms with E-state index in [1.54, 1.807) is 31.2 Å². The first-order valence-corrected chi connectivity index (χ1v) is 7.79. The quantitative estimate of drug-likeness (QED) is 0.689. The molecule has 2 aromatic heterocycles. The molecule has 1 N–H and O–H groups in total. The van der Waals surface area contributed by atoms with Crippen molar-refractivity contribution in [2.45, 2.75) is 13.1 Å². The number of H-pyrrole nitrogens is 1. The van der Waals surface area contributed by atoms with Crippen LogP contribution >= 0.6 is 11.6 Å². The summed E-state index contributed by atoms with van der Waals surface area (Å²) in [7, 11) is 0. The van der Waals surface area contributed by atoms with Gasteiger partial charge in [-0.2, -0.15) is 13.2 Å². The molecule has 0 unspecified atom stereocenters. The number of nitrogens with one attached hydrogen (secondary N) is 1. The molecule has 0 atom stereocenters. The van der Waals surface area contributed by atoms with Crippen molar-refractivity contribution in [2.75, 3.05) is 0 Å². The number of alkyl halides is 3. The molecule has 0 fully saturated rings. The second kappa shape index (κ2) is 6.80. The van der Waals surface area contributed by atoms with Gasteiger partial charge < -0.3 is 0 Å². The molecule has 2 heterocycles. The van der Waals surface area contributed by atoms with Crippen LogP contribution in [0.3, 0.4) is 0 Å². The molecule has 0 spiro atoms. The molecule has 0 aliphatic carbocycles. The second-order valence-electron chi connectivity index (χ2n) is 5.41. The number of aromatic nitrogens is 3. The number of hydrogen-bond donors (Lipinski definition) is 1. The van der Waals surface area contributed by atoms with Crippen LogP contribution in [0, 0.1) is 6.92 Å². The van der Waals surface area contributed by atoms with E-state index in [-0.39, 0.29) is 22.0 Å². The molecule has 0 aliphatic rings. The number of nitrogens with zero attached hydrogens (tertiary/aromatic N) is 3. The number of benzene rings is 1. The van der Waals surface area contributed by atoms with Crippen LogP contribution in [0.2, 0.25) is 5.02 Å². The SMILES string of the molecule is Cc1[nH]n(-c2ccccc2)c(=O)c1C=Nc1ncc(C(F)(F)F)cc1Cl. The van der Waals surface area contributed by atoms with Crippen molar-refractivity contribution in [1.29, 1.82) is 0 Å². The number of hydrogen-bond acceptors (Lipinski definition) is 3. The average molecular weight is 381 g/mol. The minimum atomic E-state index is -4.54. The van der Waals surface area contributed by atoms with Crippen molar-refractivity contribution < 1.29 is 13.2 Å². The van der Waals surface area contributed by atoms with Gasteiger partial charge in [0.15, 0.2) is 5.82 Å². The van der Waals surface area contributed by atoms with Crippen LogP contribution in [0.25, 0.3) is 5.69 Å². The maximum absolute atomic E-state index is 12.6. The zero-order valence-electron chi connectivity index (χ0n) is 13.4. The lowest BCUT2D eigenvalue weighted by atomic mass is 10.2. The minimum absolute atomic E-state index is 0.106. The zero-order chi connectivity index (χ0) is 18.9. The normalized spacial score (nSPS) is 12.0. The van der Waals surface area contributed by atoms with Crippen LogP contribution in [0.15, 0.2) is 52.4 Å². The topological polar surface area (TPSA) is 63.0 Å². The lowest BCUT2D eigenvalue weighted by Crippen LogP contribution is -2.17. The molecule has 3 rings (SSSR count). The van der Waals surface area contributed by atoms with E-state index in [1.807, 2.05) is 6.07 Å². The Labute approximate surface area is 150 Å². The maximum atomic E-state index is 12.6. The molecular weight excluding hydrogens is 369 g/mol. The average Bonchev–Trinajstić information content (AvgIpc) is 2.88. The molecule has 0 radical (unpaired) electrons. The van der Waals surface area contributed by atoms with Crippen LogP contribution in [-0.4, -0.2) is 21.0 Å². The van der Waals surface area contributed by atoms with Crippen molar-refractivity contribution in [3.8, 4) is 5.69 Å². The molecule has 9 heteroatoms. The number of rotatable bonds is 3. The summed E-state index contributed by atoms with van der Waals surface area (Å²) in [6.45, 7) is 1.68. The Morgan fingerprint density at radius 2 is 1.96 bits per heavy atom. The van der Waals surface area contributed by atoms with Crippen molar-refractivity contribution >= 4 is 23.6 Å². The third-order valence-electron chi connectivity index (χ3n) is 3.60. The first kappa shape index (κ1) is 17.9. The van der Waals surface area contributed by atoms with E-state index in [0.717, 1.165) is 6.07 Å². The maximum Gasteiger partial charge on any atom is 0.417 e. The number of para-hydroxylation sites is 1. The van der Waals surface area contributed by atoms with Crippen LogP contribution in [-0.2, 0) is 6.18 Å². The molecule has 3 aromatic rings. The van der Waals surface area contributed by atoms with E-state index in [9.17, 15) is 18.0 Å². The predicted octanol–water partition coefficient (Wildman–Crippen LogP) is 4.29. The van der Waals surface area contributed by atoms with Crippen molar-refractivity contribution in [3.63, 3.8) is 0 Å². The molecule has 5 nitrogen and oxygen atoms in total. The summed E-state index contributed by atoms with van der Waals surface area (Å²) in [5.74, 6) is -0.106. The highest BCUT2D eigenvalue weighted by molar-refractivity contribution is 6.32. The third-order valence-corrected chi connectivity index (χ3v) is 3.87. The summed E-state index contributed by atoms with van der Waals surface area (Å²) in [5.41, 5.74) is 0.134. The molecule has 26 heavy (non-hydrogen) atoms. The summed E-state index contributed by atoms with van der Waals surface area (Å²) in [5, 5.41) is 2.66. The molecule has 0 bridgehead atoms. The minimum Gasteiger partial charge on any atom is -0.295 e. The molecule has 134 valence electrons. The number of halogens is 4. The molecule has 0 amide bonds. The fourth-order valence-electron chi connectivity index (χ4n) is 2.28. The highest BCUT2D eigenvalue weighted by atomic mass is 35.5. The summed E-state index contributed by atoms with van der Waals surface area (Å²) >= 11 is 5.81. The molecule has 0 aliphatic heterocycles. The molecular formula is C17H12ClF3N4O. The van der Waals surface area contributed by atoms with E-state index >= 15 is 0 Å². The Kier molecular flexibility index (Phi) is 4.69. The zero-order valence-corrected chi connectivity index (χ0v) is 14.1. The van der Waals surface area contributed by atoms with Gasteiger partial charge in [0.25, 0.3) is 5.56 Å². The lowest BCUT2D eigenvalue weighted by Gasteiger charge is -2.06. The van der Waals surface area contributed by atoms with Gasteiger partial charge in [0.05, 0.1) is 21.8 Å². The lowest BCUT2D eigenvalue weighted by molar-refractivity contribution is -0.137. The van der Waals surface area contributed by atoms with Gasteiger partial charge in [-0.3, -0.25) is 9.89 Å². The summed E-state index contributed by atoms with van der Waals surface area (Å²) in [6.07, 6.45) is -2.67. The Morgan fingerprint density at radius 1 is 1.27 bits per heavy atom. The Balaban J connectivity index is 1.95. The van der Waals surface area contributed by atoms with Crippen molar-refractivity contribution in [1.82, 2.24) is 14.8 Å². The van der Waals surface area contributed by atoms with E-state index < -0.39 is 11.7 Å². The monoisotopic (exact) mass is 380 g/mol. The summed E-state index contributed by atoms with van der Waals surface area (Å²) < 4.78 is 39.3. The Morgan fingerprint density at radius 3 is 2.58 bits per heavy atom. The Hall–Kier alpha value is -2.87. The van der Waals surface area contributed by atoms with Crippen LogP contribution in [0.4, 0.5) is 19.0 Å². The first-order chi connectivity index (χ1) is 12.3. The van der Waals surface area contributed by atoms with Gasteiger partial charge in [0.2, 0.25) is 0 Å². The highest BCUT2D eigenvalue weighted by Crippen LogP contribution is 2.33. The van der Waals surface area contributed by atoms with Crippen LogP contribution < -0.4 is 5.56 Å².